The number of ether oxygens (including phenoxy) is 2. The van der Waals surface area contributed by atoms with Crippen LogP contribution in [-0.4, -0.2) is 52.4 Å². The first kappa shape index (κ1) is 20.2. The first-order valence-electron chi connectivity index (χ1n) is 10.1. The number of nitrogens with zero attached hydrogens (tertiary/aromatic N) is 4. The summed E-state index contributed by atoms with van der Waals surface area (Å²) in [6.45, 7) is 6.80. The Morgan fingerprint density at radius 3 is 2.93 bits per heavy atom. The van der Waals surface area contributed by atoms with Gasteiger partial charge in [0.1, 0.15) is 11.5 Å². The van der Waals surface area contributed by atoms with E-state index in [1.807, 2.05) is 41.6 Å². The summed E-state index contributed by atoms with van der Waals surface area (Å²) >= 11 is 0. The normalized spacial score (nSPS) is 13.4. The lowest BCUT2D eigenvalue weighted by Gasteiger charge is -2.28. The third-order valence-electron chi connectivity index (χ3n) is 5.21. The lowest BCUT2D eigenvalue weighted by Crippen LogP contribution is -2.36. The number of rotatable bonds is 7. The zero-order chi connectivity index (χ0) is 21.1. The summed E-state index contributed by atoms with van der Waals surface area (Å²) in [5.41, 5.74) is 3.39. The summed E-state index contributed by atoms with van der Waals surface area (Å²) in [6.07, 6.45) is 2.40. The fourth-order valence-electron chi connectivity index (χ4n) is 3.72. The molecule has 2 aromatic heterocycles. The molecule has 0 saturated heterocycles. The topological polar surface area (TPSA) is 82.6 Å². The Balaban J connectivity index is 1.64. The molecule has 8 nitrogen and oxygen atoms in total. The van der Waals surface area contributed by atoms with Gasteiger partial charge in [0.15, 0.2) is 5.69 Å². The number of aromatic nitrogens is 3. The standard InChI is InChI=1S/C22H26N4O4/c1-4-29-11-10-26-19-8-9-25(22(27)16-6-5-7-17(12-16)28-3)14-18(19)20(24-26)21-23-13-15(2)30-21/h5-7,12-13H,4,8-11,14H2,1-3H3. The van der Waals surface area contributed by atoms with Crippen LogP contribution in [0.15, 0.2) is 34.9 Å². The lowest BCUT2D eigenvalue weighted by molar-refractivity contribution is 0.0732. The Morgan fingerprint density at radius 1 is 1.33 bits per heavy atom. The third kappa shape index (κ3) is 3.95. The highest BCUT2D eigenvalue weighted by molar-refractivity contribution is 5.94. The molecule has 30 heavy (non-hydrogen) atoms. The molecule has 1 aliphatic heterocycles. The highest BCUT2D eigenvalue weighted by atomic mass is 16.5. The van der Waals surface area contributed by atoms with E-state index in [0.717, 1.165) is 17.0 Å². The van der Waals surface area contributed by atoms with Crippen LogP contribution < -0.4 is 4.74 Å². The minimum Gasteiger partial charge on any atom is -0.497 e. The van der Waals surface area contributed by atoms with Gasteiger partial charge in [0.05, 0.1) is 33.0 Å². The number of fused-ring (bicyclic) bond motifs is 1. The molecule has 0 bridgehead atoms. The van der Waals surface area contributed by atoms with Crippen LogP contribution in [0.25, 0.3) is 11.6 Å². The van der Waals surface area contributed by atoms with Gasteiger partial charge < -0.3 is 18.8 Å². The second kappa shape index (κ2) is 8.71. The maximum Gasteiger partial charge on any atom is 0.254 e. The number of carbonyl (C=O) groups is 1. The van der Waals surface area contributed by atoms with Gasteiger partial charge in [-0.25, -0.2) is 4.98 Å². The maximum atomic E-state index is 13.1. The number of benzene rings is 1. The number of methoxy groups -OCH3 is 1. The average molecular weight is 410 g/mol. The zero-order valence-corrected chi connectivity index (χ0v) is 17.6. The van der Waals surface area contributed by atoms with Gasteiger partial charge in [0.2, 0.25) is 5.89 Å². The van der Waals surface area contributed by atoms with Gasteiger partial charge in [-0.2, -0.15) is 5.10 Å². The van der Waals surface area contributed by atoms with Crippen LogP contribution in [-0.2, 0) is 24.2 Å². The minimum absolute atomic E-state index is 0.0313. The van der Waals surface area contributed by atoms with Crippen molar-refractivity contribution in [3.63, 3.8) is 0 Å². The summed E-state index contributed by atoms with van der Waals surface area (Å²) in [4.78, 5) is 19.3. The molecule has 1 aliphatic rings. The van der Waals surface area contributed by atoms with E-state index in [4.69, 9.17) is 19.0 Å². The third-order valence-corrected chi connectivity index (χ3v) is 5.21. The molecule has 0 N–H and O–H groups in total. The van der Waals surface area contributed by atoms with Gasteiger partial charge in [-0.1, -0.05) is 6.07 Å². The van der Waals surface area contributed by atoms with E-state index in [1.165, 1.54) is 0 Å². The number of aryl methyl sites for hydroxylation is 1. The number of hydrogen-bond donors (Lipinski definition) is 0. The van der Waals surface area contributed by atoms with Gasteiger partial charge in [0.25, 0.3) is 5.91 Å². The monoisotopic (exact) mass is 410 g/mol. The van der Waals surface area contributed by atoms with E-state index >= 15 is 0 Å². The minimum atomic E-state index is -0.0313. The first-order chi connectivity index (χ1) is 14.6. The molecule has 0 unspecified atom stereocenters. The molecule has 0 radical (unpaired) electrons. The predicted octanol–water partition coefficient (Wildman–Crippen LogP) is 3.09. The van der Waals surface area contributed by atoms with Gasteiger partial charge in [-0.05, 0) is 32.0 Å². The van der Waals surface area contributed by atoms with Crippen molar-refractivity contribution in [1.29, 1.82) is 0 Å². The molecule has 0 saturated carbocycles. The van der Waals surface area contributed by atoms with Crippen molar-refractivity contribution < 1.29 is 18.7 Å². The van der Waals surface area contributed by atoms with E-state index < -0.39 is 0 Å². The molecule has 1 amide bonds. The van der Waals surface area contributed by atoms with Crippen molar-refractivity contribution in [3.05, 3.63) is 53.0 Å². The Kier molecular flexibility index (Phi) is 5.85. The smallest absolute Gasteiger partial charge is 0.254 e. The molecular formula is C22H26N4O4. The van der Waals surface area contributed by atoms with Crippen molar-refractivity contribution in [2.75, 3.05) is 26.9 Å². The highest BCUT2D eigenvalue weighted by Crippen LogP contribution is 2.30. The van der Waals surface area contributed by atoms with Crippen molar-refractivity contribution >= 4 is 5.91 Å². The molecule has 8 heteroatoms. The van der Waals surface area contributed by atoms with Crippen LogP contribution in [0, 0.1) is 6.92 Å². The van der Waals surface area contributed by atoms with Gasteiger partial charge in [0, 0.05) is 36.4 Å². The molecule has 0 spiro atoms. The zero-order valence-electron chi connectivity index (χ0n) is 17.6. The second-order valence-corrected chi connectivity index (χ2v) is 7.18. The number of amides is 1. The SMILES string of the molecule is CCOCCn1nc(-c2ncc(C)o2)c2c1CCN(C(=O)c1cccc(OC)c1)C2. The molecule has 0 aliphatic carbocycles. The van der Waals surface area contributed by atoms with Gasteiger partial charge in [-0.15, -0.1) is 0 Å². The molecule has 0 atom stereocenters. The quantitative estimate of drug-likeness (QED) is 0.557. The lowest BCUT2D eigenvalue weighted by atomic mass is 10.0. The van der Waals surface area contributed by atoms with Crippen molar-refractivity contribution in [3.8, 4) is 17.3 Å². The van der Waals surface area contributed by atoms with Crippen LogP contribution in [0.4, 0.5) is 0 Å². The Labute approximate surface area is 175 Å². The molecule has 3 aromatic rings. The molecule has 1 aromatic carbocycles. The number of oxazole rings is 1. The van der Waals surface area contributed by atoms with Crippen molar-refractivity contribution in [2.45, 2.75) is 33.4 Å². The van der Waals surface area contributed by atoms with Crippen molar-refractivity contribution in [1.82, 2.24) is 19.7 Å². The molecule has 3 heterocycles. The molecule has 0 fully saturated rings. The summed E-state index contributed by atoms with van der Waals surface area (Å²) in [5, 5.41) is 4.76. The van der Waals surface area contributed by atoms with E-state index in [2.05, 4.69) is 4.98 Å². The van der Waals surface area contributed by atoms with Crippen LogP contribution in [0.3, 0.4) is 0 Å². The van der Waals surface area contributed by atoms with Crippen LogP contribution in [0.1, 0.15) is 34.3 Å². The summed E-state index contributed by atoms with van der Waals surface area (Å²) in [7, 11) is 1.60. The Hall–Kier alpha value is -3.13. The van der Waals surface area contributed by atoms with E-state index in [9.17, 15) is 4.79 Å². The van der Waals surface area contributed by atoms with E-state index in [1.54, 1.807) is 19.4 Å². The van der Waals surface area contributed by atoms with Gasteiger partial charge >= 0.3 is 0 Å². The van der Waals surface area contributed by atoms with Crippen LogP contribution in [0.2, 0.25) is 0 Å². The molecule has 4 rings (SSSR count). The number of carbonyl (C=O) groups excluding carboxylic acids is 1. The van der Waals surface area contributed by atoms with E-state index in [0.29, 0.717) is 62.2 Å². The number of hydrogen-bond acceptors (Lipinski definition) is 6. The van der Waals surface area contributed by atoms with Crippen LogP contribution >= 0.6 is 0 Å². The summed E-state index contributed by atoms with van der Waals surface area (Å²) < 4.78 is 18.5. The van der Waals surface area contributed by atoms with Crippen molar-refractivity contribution in [2.24, 2.45) is 0 Å². The summed E-state index contributed by atoms with van der Waals surface area (Å²) in [6, 6.07) is 7.23. The fraction of sp³-hybridized carbons (Fsp3) is 0.409. The van der Waals surface area contributed by atoms with Gasteiger partial charge in [-0.3, -0.25) is 9.48 Å². The maximum absolute atomic E-state index is 13.1. The Morgan fingerprint density at radius 2 is 2.20 bits per heavy atom. The van der Waals surface area contributed by atoms with Crippen LogP contribution in [0.5, 0.6) is 5.75 Å². The van der Waals surface area contributed by atoms with E-state index in [-0.39, 0.29) is 5.91 Å². The fourth-order valence-corrected chi connectivity index (χ4v) is 3.72. The second-order valence-electron chi connectivity index (χ2n) is 7.18. The molecule has 158 valence electrons. The summed E-state index contributed by atoms with van der Waals surface area (Å²) in [5.74, 6) is 1.84. The molecular weight excluding hydrogens is 384 g/mol. The first-order valence-corrected chi connectivity index (χ1v) is 10.1. The largest absolute Gasteiger partial charge is 0.497 e. The Bertz CT molecular complexity index is 1040. The predicted molar refractivity (Wildman–Crippen MR) is 110 cm³/mol. The highest BCUT2D eigenvalue weighted by Gasteiger charge is 2.30. The average Bonchev–Trinajstić information content (AvgIpc) is 3.36.